The van der Waals surface area contributed by atoms with Crippen LogP contribution in [0.1, 0.15) is 93.7 Å². The van der Waals surface area contributed by atoms with Gasteiger partial charge in [0.2, 0.25) is 47.1 Å². The number of methoxy groups -OCH3 is 7. The molecule has 9 amide bonds. The van der Waals surface area contributed by atoms with Crippen LogP contribution in [0.15, 0.2) is 93.0 Å². The fourth-order valence-electron chi connectivity index (χ4n) is 13.8. The molecule has 3 aliphatic carbocycles. The molecule has 31 nitrogen and oxygen atoms in total. The van der Waals surface area contributed by atoms with Crippen LogP contribution in [0.5, 0.6) is 40.2 Å². The molecule has 3 aromatic carbocycles. The summed E-state index contributed by atoms with van der Waals surface area (Å²) in [6, 6.07) is 9.82. The zero-order valence-electron chi connectivity index (χ0n) is 61.0. The fourth-order valence-corrected chi connectivity index (χ4v) is 14.5. The summed E-state index contributed by atoms with van der Waals surface area (Å²) in [6.45, 7) is 11.4. The highest BCUT2D eigenvalue weighted by atomic mass is 35.5. The van der Waals surface area contributed by atoms with Crippen molar-refractivity contribution in [3.8, 4) is 40.2 Å². The Balaban J connectivity index is 0.000000171. The monoisotopic (exact) mass is 1500 g/mol. The van der Waals surface area contributed by atoms with E-state index in [2.05, 4.69) is 81.5 Å². The number of amides is 9. The average molecular weight is 1500 g/mol. The Labute approximate surface area is 625 Å². The van der Waals surface area contributed by atoms with E-state index in [0.29, 0.717) is 70.3 Å². The Kier molecular flexibility index (Phi) is 25.7. The minimum absolute atomic E-state index is 0.0129. The van der Waals surface area contributed by atoms with Crippen LogP contribution in [0.2, 0.25) is 10.0 Å². The van der Waals surface area contributed by atoms with Crippen molar-refractivity contribution in [3.63, 3.8) is 0 Å². The number of ether oxygens (including phenoxy) is 7. The number of nitrogens with one attached hydrogen (secondary N) is 6. The zero-order valence-corrected chi connectivity index (χ0v) is 62.6. The number of fused-ring (bicyclic) bond motifs is 3. The van der Waals surface area contributed by atoms with Crippen molar-refractivity contribution in [2.24, 2.45) is 0 Å². The molecular formula is C73H90Cl2N18O13. The summed E-state index contributed by atoms with van der Waals surface area (Å²) in [5, 5.41) is 19.2. The Morgan fingerprint density at radius 2 is 0.755 bits per heavy atom. The lowest BCUT2D eigenvalue weighted by Crippen LogP contribution is -2.48. The third-order valence-electron chi connectivity index (χ3n) is 19.3. The minimum atomic E-state index is -0.408. The smallest absolute Gasteiger partial charge is 0.330 e. The summed E-state index contributed by atoms with van der Waals surface area (Å²) < 4.78 is 37.8. The summed E-state index contributed by atoms with van der Waals surface area (Å²) in [5.41, 5.74) is 3.91. The van der Waals surface area contributed by atoms with Crippen LogP contribution >= 0.6 is 23.2 Å². The molecule has 3 aromatic heterocycles. The van der Waals surface area contributed by atoms with Crippen LogP contribution in [0.4, 0.5) is 66.7 Å². The first-order chi connectivity index (χ1) is 51.1. The summed E-state index contributed by atoms with van der Waals surface area (Å²) in [6.07, 6.45) is 20.4. The van der Waals surface area contributed by atoms with Gasteiger partial charge in [-0.2, -0.15) is 15.0 Å². The number of nitrogens with zero attached hydrogens (tertiary/aromatic N) is 12. The molecule has 0 bridgehead atoms. The first-order valence-electron chi connectivity index (χ1n) is 34.6. The largest absolute Gasteiger partial charge is 0.497 e. The molecule has 6 aromatic rings. The molecule has 6 aliphatic rings. The lowest BCUT2D eigenvalue weighted by molar-refractivity contribution is -0.118. The molecule has 3 fully saturated rings. The normalized spacial score (nSPS) is 19.5. The minimum Gasteiger partial charge on any atom is -0.497 e. The van der Waals surface area contributed by atoms with Gasteiger partial charge in [-0.15, -0.1) is 0 Å². The van der Waals surface area contributed by atoms with E-state index < -0.39 is 6.03 Å². The molecule has 564 valence electrons. The van der Waals surface area contributed by atoms with Gasteiger partial charge in [-0.3, -0.25) is 43.8 Å². The number of urea groups is 3. The van der Waals surface area contributed by atoms with E-state index in [1.54, 1.807) is 68.8 Å². The van der Waals surface area contributed by atoms with Crippen LogP contribution in [0, 0.1) is 0 Å². The summed E-state index contributed by atoms with van der Waals surface area (Å²) in [4.78, 5) is 112. The first kappa shape index (κ1) is 77.5. The van der Waals surface area contributed by atoms with Crippen molar-refractivity contribution >= 4 is 111 Å². The highest BCUT2D eigenvalue weighted by Crippen LogP contribution is 2.55. The third-order valence-corrected chi connectivity index (χ3v) is 20.0. The molecule has 0 radical (unpaired) electrons. The van der Waals surface area contributed by atoms with Crippen LogP contribution in [-0.2, 0) is 34.0 Å². The van der Waals surface area contributed by atoms with Crippen molar-refractivity contribution in [2.45, 2.75) is 133 Å². The highest BCUT2D eigenvalue weighted by Gasteiger charge is 2.39. The van der Waals surface area contributed by atoms with Crippen LogP contribution < -0.4 is 94.5 Å². The maximum atomic E-state index is 13.5. The van der Waals surface area contributed by atoms with Gasteiger partial charge in [0.1, 0.15) is 33.2 Å². The number of hydrogen-bond acceptors (Lipinski definition) is 22. The summed E-state index contributed by atoms with van der Waals surface area (Å²) in [5.74, 6) is 4.88. The van der Waals surface area contributed by atoms with E-state index in [-0.39, 0.29) is 112 Å². The van der Waals surface area contributed by atoms with Crippen molar-refractivity contribution in [1.29, 1.82) is 0 Å². The molecule has 106 heavy (non-hydrogen) atoms. The van der Waals surface area contributed by atoms with Crippen LogP contribution in [-0.4, -0.2) is 173 Å². The van der Waals surface area contributed by atoms with Crippen molar-refractivity contribution in [3.05, 3.63) is 120 Å². The average Bonchev–Trinajstić information content (AvgIpc) is 0.752. The lowest BCUT2D eigenvalue weighted by Gasteiger charge is -2.36. The van der Waals surface area contributed by atoms with Gasteiger partial charge >= 0.3 is 18.1 Å². The second kappa shape index (κ2) is 35.1. The van der Waals surface area contributed by atoms with E-state index in [9.17, 15) is 28.8 Å². The van der Waals surface area contributed by atoms with Gasteiger partial charge in [0.15, 0.2) is 23.0 Å². The van der Waals surface area contributed by atoms with Gasteiger partial charge in [0.25, 0.3) is 0 Å². The standard InChI is InChI=1S/C25H30Cl2N6O5.C25H32N6O5.C23H28N6O3/c1-6-16(34)29-14-9-7-8-10-15(14)30-24-28-11-13-12-33(25(35)32(2)23(13)31-24)19-17(26)20(36-3)22(38-5)21(37-4)18(19)27;1-6-21(32)27-17-9-7-8-10-18(17)28-24-26-13-15-14-31(25(33)30(2)23(15)29-24)16-11-19(34-3)22(36-5)20(12-16)35-4;1-4-20(30)25-18-7-5-6-8-19(18)26-22-24-13-15-14-29(23(31)28(2)21(15)27-22)16-9-11-17(32-3)12-10-16/h6,11,14-15H,1,7-10,12H2,2-5H3,(H,29,34)(H,28,30,31);6,11-13,17-18H,1,7-10,14H2,2-5H3,(H,27,32)(H,26,28,29);4,9-13,18-19H,1,5-8,14H2,2-3H3,(H,25,30)(H,24,26,27)/t14-,15+;17-,18+;18-,19+/m000/s1. The molecule has 0 saturated heterocycles. The molecule has 6 heterocycles. The predicted molar refractivity (Wildman–Crippen MR) is 405 cm³/mol. The molecule has 6 N–H and O–H groups in total. The SMILES string of the molecule is C=CC(=O)N[C@H]1CCCC[C@H]1Nc1ncc2c(n1)N(C)C(=O)N(c1c(Cl)c(OC)c(OC)c(OC)c1Cl)C2.C=CC(=O)N[C@H]1CCCC[C@H]1Nc1ncc2c(n1)N(C)C(=O)N(c1cc(OC)c(OC)c(OC)c1)C2.C=CC(=O)N[C@H]1CCCC[C@H]1Nc1ncc2c(n1)N(C)C(=O)N(c1ccc(OC)cc1)C2. The molecule has 12 rings (SSSR count). The number of carbonyl (C=O) groups is 6. The van der Waals surface area contributed by atoms with E-state index in [1.807, 2.05) is 24.3 Å². The topological polar surface area (TPSA) is 336 Å². The Bertz CT molecular complexity index is 4210. The first-order valence-corrected chi connectivity index (χ1v) is 35.3. The number of rotatable bonds is 22. The van der Waals surface area contributed by atoms with Gasteiger partial charge in [0.05, 0.1) is 80.8 Å². The highest BCUT2D eigenvalue weighted by molar-refractivity contribution is 6.42. The van der Waals surface area contributed by atoms with Gasteiger partial charge in [0, 0.05) is 110 Å². The number of benzene rings is 3. The molecular weight excluding hydrogens is 1410 g/mol. The zero-order chi connectivity index (χ0) is 76.0. The van der Waals surface area contributed by atoms with E-state index in [1.165, 1.54) is 80.5 Å². The Morgan fingerprint density at radius 1 is 0.434 bits per heavy atom. The maximum absolute atomic E-state index is 13.5. The van der Waals surface area contributed by atoms with E-state index in [0.717, 1.165) is 99.6 Å². The van der Waals surface area contributed by atoms with Gasteiger partial charge in [-0.05, 0) is 81.0 Å². The van der Waals surface area contributed by atoms with E-state index >= 15 is 0 Å². The van der Waals surface area contributed by atoms with Crippen molar-refractivity contribution < 1.29 is 61.9 Å². The van der Waals surface area contributed by atoms with Gasteiger partial charge in [-0.25, -0.2) is 29.3 Å². The molecule has 3 saturated carbocycles. The fraction of sp³-hybridized carbons (Fsp3) is 0.425. The summed E-state index contributed by atoms with van der Waals surface area (Å²) in [7, 11) is 15.5. The van der Waals surface area contributed by atoms with Crippen LogP contribution in [0.25, 0.3) is 0 Å². The molecule has 6 atom stereocenters. The predicted octanol–water partition coefficient (Wildman–Crippen LogP) is 10.6. The number of carbonyl (C=O) groups excluding carboxylic acids is 6. The number of halogens is 2. The summed E-state index contributed by atoms with van der Waals surface area (Å²) >= 11 is 13.3. The number of hydrogen-bond donors (Lipinski definition) is 6. The quantitative estimate of drug-likeness (QED) is 0.0344. The molecule has 3 aliphatic heterocycles. The number of anilines is 9. The molecule has 0 unspecified atom stereocenters. The van der Waals surface area contributed by atoms with Gasteiger partial charge in [-0.1, -0.05) is 81.5 Å². The second-order valence-corrected chi connectivity index (χ2v) is 26.4. The number of aromatic nitrogens is 6. The van der Waals surface area contributed by atoms with Gasteiger partial charge < -0.3 is 65.1 Å². The lowest BCUT2D eigenvalue weighted by atomic mass is 9.90. The van der Waals surface area contributed by atoms with Crippen LogP contribution in [0.3, 0.4) is 0 Å². The van der Waals surface area contributed by atoms with Crippen molar-refractivity contribution in [2.75, 3.05) is 116 Å². The Hall–Kier alpha value is -11.1. The Morgan fingerprint density at radius 3 is 1.08 bits per heavy atom. The maximum Gasteiger partial charge on any atom is 0.330 e. The molecule has 0 spiro atoms. The van der Waals surface area contributed by atoms with Crippen molar-refractivity contribution in [1.82, 2.24) is 45.9 Å². The van der Waals surface area contributed by atoms with E-state index in [4.69, 9.17) is 56.4 Å². The second-order valence-electron chi connectivity index (χ2n) is 25.6. The molecule has 33 heteroatoms. The third kappa shape index (κ3) is 17.0.